The Balaban J connectivity index is 0.00000121. The predicted octanol–water partition coefficient (Wildman–Crippen LogP) is 2.26. The molecule has 2 heterocycles. The van der Waals surface area contributed by atoms with Gasteiger partial charge in [0.2, 0.25) is 0 Å². The second kappa shape index (κ2) is 10.4. The summed E-state index contributed by atoms with van der Waals surface area (Å²) in [6, 6.07) is 0.650. The van der Waals surface area contributed by atoms with Crippen molar-refractivity contribution in [3.8, 4) is 0 Å². The lowest BCUT2D eigenvalue weighted by Crippen LogP contribution is -2.40. The van der Waals surface area contributed by atoms with Crippen LogP contribution in [0.3, 0.4) is 0 Å². The summed E-state index contributed by atoms with van der Waals surface area (Å²) in [5.74, 6) is 0. The highest BCUT2D eigenvalue weighted by atomic mass is 35.5. The molecule has 0 atom stereocenters. The van der Waals surface area contributed by atoms with Crippen molar-refractivity contribution >= 4 is 24.8 Å². The van der Waals surface area contributed by atoms with Crippen LogP contribution in [-0.4, -0.2) is 54.1 Å². The van der Waals surface area contributed by atoms with Crippen molar-refractivity contribution in [2.24, 2.45) is 0 Å². The van der Waals surface area contributed by atoms with Crippen molar-refractivity contribution in [2.75, 3.05) is 39.4 Å². The Morgan fingerprint density at radius 2 is 1.91 bits per heavy atom. The first-order valence-corrected chi connectivity index (χ1v) is 7.96. The van der Waals surface area contributed by atoms with Gasteiger partial charge in [-0.2, -0.15) is 5.10 Å². The first-order chi connectivity index (χ1) is 9.92. The lowest BCUT2D eigenvalue weighted by molar-refractivity contribution is 0.0384. The Hall–Kier alpha value is -0.330. The van der Waals surface area contributed by atoms with E-state index >= 15 is 0 Å². The summed E-state index contributed by atoms with van der Waals surface area (Å²) in [4.78, 5) is 2.46. The van der Waals surface area contributed by atoms with Crippen LogP contribution in [0.4, 0.5) is 0 Å². The standard InChI is InChI=1S/C15H26N4O.2ClH/c1-2-4-15(3-1)19-13-14(12-17-19)11-16-5-6-18-7-9-20-10-8-18;;/h12-13,15-16H,1-11H2;2*1H. The van der Waals surface area contributed by atoms with Crippen LogP contribution in [0, 0.1) is 0 Å². The topological polar surface area (TPSA) is 42.3 Å². The smallest absolute Gasteiger partial charge is 0.0594 e. The fourth-order valence-electron chi connectivity index (χ4n) is 3.13. The number of ether oxygens (including phenoxy) is 1. The van der Waals surface area contributed by atoms with Crippen LogP contribution in [0.15, 0.2) is 12.4 Å². The van der Waals surface area contributed by atoms with Crippen LogP contribution in [0.5, 0.6) is 0 Å². The fourth-order valence-corrected chi connectivity index (χ4v) is 3.13. The maximum absolute atomic E-state index is 5.35. The van der Waals surface area contributed by atoms with Gasteiger partial charge >= 0.3 is 0 Å². The number of nitrogens with zero attached hydrogens (tertiary/aromatic N) is 3. The van der Waals surface area contributed by atoms with Gasteiger partial charge in [-0.1, -0.05) is 12.8 Å². The number of morpholine rings is 1. The lowest BCUT2D eigenvalue weighted by atomic mass is 10.2. The van der Waals surface area contributed by atoms with Gasteiger partial charge in [-0.05, 0) is 12.8 Å². The van der Waals surface area contributed by atoms with E-state index in [0.29, 0.717) is 6.04 Å². The van der Waals surface area contributed by atoms with E-state index in [1.807, 2.05) is 6.20 Å². The van der Waals surface area contributed by atoms with E-state index in [9.17, 15) is 0 Å². The molecular weight excluding hydrogens is 323 g/mol. The largest absolute Gasteiger partial charge is 0.379 e. The molecule has 1 saturated heterocycles. The number of halogens is 2. The van der Waals surface area contributed by atoms with E-state index in [1.54, 1.807) is 0 Å². The van der Waals surface area contributed by atoms with Crippen LogP contribution in [0.25, 0.3) is 0 Å². The van der Waals surface area contributed by atoms with Gasteiger partial charge in [0.1, 0.15) is 0 Å². The Morgan fingerprint density at radius 3 is 2.64 bits per heavy atom. The quantitative estimate of drug-likeness (QED) is 0.799. The maximum Gasteiger partial charge on any atom is 0.0594 e. The Bertz CT molecular complexity index is 404. The molecule has 7 heteroatoms. The van der Waals surface area contributed by atoms with Crippen LogP contribution >= 0.6 is 24.8 Å². The fraction of sp³-hybridized carbons (Fsp3) is 0.800. The zero-order valence-corrected chi connectivity index (χ0v) is 14.7. The predicted molar refractivity (Wildman–Crippen MR) is 93.2 cm³/mol. The number of nitrogens with one attached hydrogen (secondary N) is 1. The molecule has 22 heavy (non-hydrogen) atoms. The monoisotopic (exact) mass is 350 g/mol. The molecule has 0 unspecified atom stereocenters. The Kier molecular flexibility index (Phi) is 9.36. The molecule has 0 aromatic carbocycles. The third kappa shape index (κ3) is 5.70. The van der Waals surface area contributed by atoms with Crippen LogP contribution in [0.1, 0.15) is 37.3 Å². The van der Waals surface area contributed by atoms with Gasteiger partial charge in [0.25, 0.3) is 0 Å². The van der Waals surface area contributed by atoms with E-state index < -0.39 is 0 Å². The molecule has 0 radical (unpaired) electrons. The van der Waals surface area contributed by atoms with Crippen molar-refractivity contribution < 1.29 is 4.74 Å². The van der Waals surface area contributed by atoms with E-state index in [-0.39, 0.29) is 24.8 Å². The summed E-state index contributed by atoms with van der Waals surface area (Å²) in [6.07, 6.45) is 9.55. The molecule has 5 nitrogen and oxygen atoms in total. The van der Waals surface area contributed by atoms with Crippen LogP contribution in [0.2, 0.25) is 0 Å². The molecular formula is C15H28Cl2N4O. The van der Waals surface area contributed by atoms with Crippen LogP contribution < -0.4 is 5.32 Å². The van der Waals surface area contributed by atoms with Crippen molar-refractivity contribution in [1.82, 2.24) is 20.0 Å². The van der Waals surface area contributed by atoms with E-state index in [4.69, 9.17) is 4.74 Å². The van der Waals surface area contributed by atoms with Gasteiger partial charge in [0.15, 0.2) is 0 Å². The summed E-state index contributed by atoms with van der Waals surface area (Å²) < 4.78 is 7.53. The van der Waals surface area contributed by atoms with Gasteiger partial charge in [0, 0.05) is 44.5 Å². The first-order valence-electron chi connectivity index (χ1n) is 7.96. The van der Waals surface area contributed by atoms with Crippen molar-refractivity contribution in [1.29, 1.82) is 0 Å². The van der Waals surface area contributed by atoms with Crippen LogP contribution in [-0.2, 0) is 11.3 Å². The van der Waals surface area contributed by atoms with E-state index in [2.05, 4.69) is 26.2 Å². The van der Waals surface area contributed by atoms with Gasteiger partial charge in [0.05, 0.1) is 25.5 Å². The highest BCUT2D eigenvalue weighted by molar-refractivity contribution is 5.85. The number of hydrogen-bond acceptors (Lipinski definition) is 4. The zero-order chi connectivity index (χ0) is 13.6. The molecule has 1 aromatic rings. The molecule has 2 fully saturated rings. The summed E-state index contributed by atoms with van der Waals surface area (Å²) in [6.45, 7) is 6.98. The van der Waals surface area contributed by atoms with Crippen molar-refractivity contribution in [2.45, 2.75) is 38.3 Å². The molecule has 3 rings (SSSR count). The zero-order valence-electron chi connectivity index (χ0n) is 13.1. The van der Waals surface area contributed by atoms with E-state index in [0.717, 1.165) is 45.9 Å². The minimum absolute atomic E-state index is 0. The van der Waals surface area contributed by atoms with E-state index in [1.165, 1.54) is 31.2 Å². The van der Waals surface area contributed by atoms with Crippen molar-refractivity contribution in [3.63, 3.8) is 0 Å². The van der Waals surface area contributed by atoms with Gasteiger partial charge in [-0.25, -0.2) is 0 Å². The Morgan fingerprint density at radius 1 is 1.18 bits per heavy atom. The lowest BCUT2D eigenvalue weighted by Gasteiger charge is -2.26. The molecule has 1 aliphatic heterocycles. The molecule has 1 N–H and O–H groups in total. The summed E-state index contributed by atoms with van der Waals surface area (Å²) >= 11 is 0. The summed E-state index contributed by atoms with van der Waals surface area (Å²) in [5, 5.41) is 8.03. The minimum Gasteiger partial charge on any atom is -0.379 e. The maximum atomic E-state index is 5.35. The number of aromatic nitrogens is 2. The first kappa shape index (κ1) is 19.7. The minimum atomic E-state index is 0. The number of rotatable bonds is 6. The van der Waals surface area contributed by atoms with Gasteiger partial charge in [-0.3, -0.25) is 9.58 Å². The second-order valence-electron chi connectivity index (χ2n) is 5.90. The summed E-state index contributed by atoms with van der Waals surface area (Å²) in [5.41, 5.74) is 1.30. The molecule has 0 bridgehead atoms. The molecule has 128 valence electrons. The summed E-state index contributed by atoms with van der Waals surface area (Å²) in [7, 11) is 0. The van der Waals surface area contributed by atoms with Gasteiger partial charge < -0.3 is 10.1 Å². The average molecular weight is 351 g/mol. The SMILES string of the molecule is Cl.Cl.c1nn(C2CCCC2)cc1CNCCN1CCOCC1. The molecule has 1 aliphatic carbocycles. The molecule has 0 spiro atoms. The highest BCUT2D eigenvalue weighted by Crippen LogP contribution is 2.28. The third-order valence-corrected chi connectivity index (χ3v) is 4.39. The molecule has 2 aliphatic rings. The van der Waals surface area contributed by atoms with Gasteiger partial charge in [-0.15, -0.1) is 24.8 Å². The number of hydrogen-bond donors (Lipinski definition) is 1. The highest BCUT2D eigenvalue weighted by Gasteiger charge is 2.17. The van der Waals surface area contributed by atoms with Crippen molar-refractivity contribution in [3.05, 3.63) is 18.0 Å². The molecule has 1 aromatic heterocycles. The normalized spacial score (nSPS) is 19.6. The molecule has 0 amide bonds. The third-order valence-electron chi connectivity index (χ3n) is 4.39. The second-order valence-corrected chi connectivity index (χ2v) is 5.90. The molecule has 1 saturated carbocycles. The average Bonchev–Trinajstić information content (AvgIpc) is 3.15. The Labute approximate surface area is 145 Å².